The predicted octanol–water partition coefficient (Wildman–Crippen LogP) is 1.00. The third kappa shape index (κ3) is 1.60. The molecule has 0 amide bonds. The fraction of sp³-hybridized carbons (Fsp3) is 0.625. The molecule has 1 aliphatic rings. The van der Waals surface area contributed by atoms with Crippen LogP contribution in [0.1, 0.15) is 18.7 Å². The van der Waals surface area contributed by atoms with Gasteiger partial charge in [0, 0.05) is 18.4 Å². The Bertz CT molecular complexity index is 213. The minimum atomic E-state index is 0.820. The topological polar surface area (TPSA) is 31.9 Å². The Kier molecular flexibility index (Phi) is 1.66. The number of nitrogens with zero attached hydrogens (tertiary/aromatic N) is 2. The van der Waals surface area contributed by atoms with E-state index in [2.05, 4.69) is 21.9 Å². The van der Waals surface area contributed by atoms with Crippen molar-refractivity contribution in [2.45, 2.75) is 25.4 Å². The summed E-state index contributed by atoms with van der Waals surface area (Å²) in [6.07, 6.45) is 6.39. The lowest BCUT2D eigenvalue weighted by Gasteiger charge is -2.12. The van der Waals surface area contributed by atoms with Crippen LogP contribution >= 0.6 is 0 Å². The van der Waals surface area contributed by atoms with Crippen LogP contribution in [0.15, 0.2) is 12.4 Å². The molecule has 0 unspecified atom stereocenters. The third-order valence-electron chi connectivity index (χ3n) is 2.12. The Hall–Kier alpha value is -0.830. The number of rotatable bonds is 3. The van der Waals surface area contributed by atoms with Gasteiger partial charge in [0.1, 0.15) is 5.82 Å². The molecule has 0 spiro atoms. The SMILES string of the molecule is CN(Cc1ncc[nH]1)C1CC1. The van der Waals surface area contributed by atoms with Gasteiger partial charge < -0.3 is 4.98 Å². The lowest BCUT2D eigenvalue weighted by molar-refractivity contribution is 0.309. The summed E-state index contributed by atoms with van der Waals surface area (Å²) >= 11 is 0. The van der Waals surface area contributed by atoms with Crippen molar-refractivity contribution < 1.29 is 0 Å². The normalized spacial score (nSPS) is 17.6. The van der Waals surface area contributed by atoms with Gasteiger partial charge in [-0.05, 0) is 19.9 Å². The van der Waals surface area contributed by atoms with Crippen LogP contribution in [-0.2, 0) is 6.54 Å². The van der Waals surface area contributed by atoms with E-state index in [0.717, 1.165) is 18.4 Å². The van der Waals surface area contributed by atoms with Crippen LogP contribution in [0.25, 0.3) is 0 Å². The van der Waals surface area contributed by atoms with E-state index in [1.807, 2.05) is 6.20 Å². The van der Waals surface area contributed by atoms with E-state index in [4.69, 9.17) is 0 Å². The van der Waals surface area contributed by atoms with Gasteiger partial charge in [0.05, 0.1) is 6.54 Å². The molecule has 0 radical (unpaired) electrons. The van der Waals surface area contributed by atoms with Crippen molar-refractivity contribution in [1.82, 2.24) is 14.9 Å². The number of aromatic nitrogens is 2. The molecule has 1 heterocycles. The second-order valence-corrected chi connectivity index (χ2v) is 3.18. The van der Waals surface area contributed by atoms with E-state index in [0.29, 0.717) is 0 Å². The van der Waals surface area contributed by atoms with Crippen molar-refractivity contribution in [3.63, 3.8) is 0 Å². The number of aromatic amines is 1. The Balaban J connectivity index is 1.89. The highest BCUT2D eigenvalue weighted by molar-refractivity contribution is 4.90. The first-order chi connectivity index (χ1) is 5.36. The first kappa shape index (κ1) is 6.85. The lowest BCUT2D eigenvalue weighted by atomic mass is 10.5. The molecular weight excluding hydrogens is 138 g/mol. The number of hydrogen-bond donors (Lipinski definition) is 1. The highest BCUT2D eigenvalue weighted by Gasteiger charge is 2.26. The maximum atomic E-state index is 4.17. The molecule has 1 N–H and O–H groups in total. The van der Waals surface area contributed by atoms with Crippen LogP contribution < -0.4 is 0 Å². The summed E-state index contributed by atoms with van der Waals surface area (Å²) in [5, 5.41) is 0. The zero-order chi connectivity index (χ0) is 7.68. The van der Waals surface area contributed by atoms with Gasteiger partial charge in [-0.2, -0.15) is 0 Å². The zero-order valence-electron chi connectivity index (χ0n) is 6.75. The highest BCUT2D eigenvalue weighted by Crippen LogP contribution is 2.25. The molecule has 0 bridgehead atoms. The van der Waals surface area contributed by atoms with Crippen molar-refractivity contribution in [1.29, 1.82) is 0 Å². The van der Waals surface area contributed by atoms with Crippen molar-refractivity contribution in [2.75, 3.05) is 7.05 Å². The van der Waals surface area contributed by atoms with Gasteiger partial charge in [0.2, 0.25) is 0 Å². The summed E-state index contributed by atoms with van der Waals surface area (Å²) in [6, 6.07) is 0.820. The molecule has 3 nitrogen and oxygen atoms in total. The third-order valence-corrected chi connectivity index (χ3v) is 2.12. The van der Waals surface area contributed by atoms with Crippen LogP contribution in [-0.4, -0.2) is 28.0 Å². The van der Waals surface area contributed by atoms with E-state index in [-0.39, 0.29) is 0 Å². The van der Waals surface area contributed by atoms with E-state index < -0.39 is 0 Å². The van der Waals surface area contributed by atoms with Crippen LogP contribution in [0, 0.1) is 0 Å². The maximum absolute atomic E-state index is 4.17. The molecule has 11 heavy (non-hydrogen) atoms. The van der Waals surface area contributed by atoms with E-state index >= 15 is 0 Å². The first-order valence-corrected chi connectivity index (χ1v) is 4.05. The first-order valence-electron chi connectivity index (χ1n) is 4.05. The lowest BCUT2D eigenvalue weighted by Crippen LogP contribution is -2.20. The highest BCUT2D eigenvalue weighted by atomic mass is 15.2. The summed E-state index contributed by atoms with van der Waals surface area (Å²) in [6.45, 7) is 0.956. The van der Waals surface area contributed by atoms with Gasteiger partial charge in [0.15, 0.2) is 0 Å². The molecule has 0 atom stereocenters. The number of hydrogen-bond acceptors (Lipinski definition) is 2. The summed E-state index contributed by atoms with van der Waals surface area (Å²) in [4.78, 5) is 9.61. The summed E-state index contributed by atoms with van der Waals surface area (Å²) in [5.74, 6) is 1.07. The van der Waals surface area contributed by atoms with Gasteiger partial charge in [-0.15, -0.1) is 0 Å². The monoisotopic (exact) mass is 151 g/mol. The minimum absolute atomic E-state index is 0.820. The summed E-state index contributed by atoms with van der Waals surface area (Å²) in [5.41, 5.74) is 0. The van der Waals surface area contributed by atoms with Crippen LogP contribution in [0.3, 0.4) is 0 Å². The van der Waals surface area contributed by atoms with E-state index in [1.165, 1.54) is 12.8 Å². The van der Waals surface area contributed by atoms with Gasteiger partial charge >= 0.3 is 0 Å². The molecule has 0 aliphatic heterocycles. The standard InChI is InChI=1S/C8H13N3/c1-11(7-2-3-7)6-8-9-4-5-10-8/h4-5,7H,2-3,6H2,1H3,(H,9,10). The van der Waals surface area contributed by atoms with Gasteiger partial charge in [-0.1, -0.05) is 0 Å². The Morgan fingerprint density at radius 3 is 3.09 bits per heavy atom. The van der Waals surface area contributed by atoms with E-state index in [1.54, 1.807) is 6.20 Å². The predicted molar refractivity (Wildman–Crippen MR) is 43.1 cm³/mol. The van der Waals surface area contributed by atoms with Gasteiger partial charge in [0.25, 0.3) is 0 Å². The molecule has 0 aromatic carbocycles. The van der Waals surface area contributed by atoms with Crippen LogP contribution in [0.4, 0.5) is 0 Å². The van der Waals surface area contributed by atoms with Crippen molar-refractivity contribution in [3.05, 3.63) is 18.2 Å². The largest absolute Gasteiger partial charge is 0.348 e. The summed E-state index contributed by atoms with van der Waals surface area (Å²) < 4.78 is 0. The molecule has 1 fully saturated rings. The van der Waals surface area contributed by atoms with Gasteiger partial charge in [-0.3, -0.25) is 4.90 Å². The molecule has 3 heteroatoms. The number of imidazole rings is 1. The molecule has 0 saturated heterocycles. The molecule has 2 rings (SSSR count). The number of nitrogens with one attached hydrogen (secondary N) is 1. The summed E-state index contributed by atoms with van der Waals surface area (Å²) in [7, 11) is 2.15. The quantitative estimate of drug-likeness (QED) is 0.699. The Labute approximate surface area is 66.4 Å². The minimum Gasteiger partial charge on any atom is -0.348 e. The molecule has 1 aromatic rings. The Morgan fingerprint density at radius 1 is 1.73 bits per heavy atom. The zero-order valence-corrected chi connectivity index (χ0v) is 6.75. The van der Waals surface area contributed by atoms with Crippen molar-refractivity contribution >= 4 is 0 Å². The molecular formula is C8H13N3. The van der Waals surface area contributed by atoms with E-state index in [9.17, 15) is 0 Å². The average molecular weight is 151 g/mol. The Morgan fingerprint density at radius 2 is 2.55 bits per heavy atom. The fourth-order valence-corrected chi connectivity index (χ4v) is 1.27. The number of H-pyrrole nitrogens is 1. The van der Waals surface area contributed by atoms with Crippen molar-refractivity contribution in [2.24, 2.45) is 0 Å². The second-order valence-electron chi connectivity index (χ2n) is 3.18. The van der Waals surface area contributed by atoms with Crippen LogP contribution in [0.5, 0.6) is 0 Å². The van der Waals surface area contributed by atoms with Crippen LogP contribution in [0.2, 0.25) is 0 Å². The van der Waals surface area contributed by atoms with Crippen molar-refractivity contribution in [3.8, 4) is 0 Å². The average Bonchev–Trinajstić information content (AvgIpc) is 2.73. The smallest absolute Gasteiger partial charge is 0.120 e. The van der Waals surface area contributed by atoms with Gasteiger partial charge in [-0.25, -0.2) is 4.98 Å². The fourth-order valence-electron chi connectivity index (χ4n) is 1.27. The second kappa shape index (κ2) is 2.66. The maximum Gasteiger partial charge on any atom is 0.120 e. The molecule has 60 valence electrons. The molecule has 1 aromatic heterocycles. The molecule has 1 aliphatic carbocycles. The molecule has 1 saturated carbocycles.